The number of hydrogen-bond acceptors (Lipinski definition) is 3. The maximum atomic E-state index is 12.7. The minimum absolute atomic E-state index is 0.123. The van der Waals surface area contributed by atoms with Crippen molar-refractivity contribution in [3.05, 3.63) is 58.1 Å². The van der Waals surface area contributed by atoms with Gasteiger partial charge in [-0.2, -0.15) is 0 Å². The van der Waals surface area contributed by atoms with E-state index in [9.17, 15) is 4.79 Å². The summed E-state index contributed by atoms with van der Waals surface area (Å²) in [5.74, 6) is 1.80. The molecule has 1 N–H and O–H groups in total. The predicted octanol–water partition coefficient (Wildman–Crippen LogP) is 5.39. The van der Waals surface area contributed by atoms with Crippen molar-refractivity contribution >= 4 is 5.91 Å². The number of nitrogens with one attached hydrogen (secondary N) is 1. The van der Waals surface area contributed by atoms with Crippen molar-refractivity contribution in [2.75, 3.05) is 7.11 Å². The van der Waals surface area contributed by atoms with E-state index < -0.39 is 6.10 Å². The fourth-order valence-corrected chi connectivity index (χ4v) is 3.26. The van der Waals surface area contributed by atoms with E-state index in [-0.39, 0.29) is 11.9 Å². The fourth-order valence-electron chi connectivity index (χ4n) is 3.26. The van der Waals surface area contributed by atoms with Gasteiger partial charge in [0, 0.05) is 0 Å². The molecule has 1 amide bonds. The highest BCUT2D eigenvalue weighted by atomic mass is 16.5. The zero-order valence-electron chi connectivity index (χ0n) is 18.3. The number of carbonyl (C=O) groups is 1. The van der Waals surface area contributed by atoms with Crippen LogP contribution in [0.15, 0.2) is 30.3 Å². The first-order chi connectivity index (χ1) is 13.1. The van der Waals surface area contributed by atoms with Gasteiger partial charge in [0.15, 0.2) is 6.10 Å². The van der Waals surface area contributed by atoms with E-state index in [0.29, 0.717) is 11.7 Å². The normalized spacial score (nSPS) is 13.2. The molecule has 0 aliphatic carbocycles. The molecule has 2 unspecified atom stereocenters. The molecule has 2 aromatic rings. The van der Waals surface area contributed by atoms with Gasteiger partial charge in [-0.15, -0.1) is 0 Å². The van der Waals surface area contributed by atoms with Crippen molar-refractivity contribution in [1.82, 2.24) is 5.32 Å². The standard InChI is InChI=1S/C24H33NO3/c1-14(2)21-13-22(17(5)12-23(21)27-8)18(6)25-24(26)19(7)28-20-10-9-15(3)16(4)11-20/h9-14,18-19H,1-8H3,(H,25,26). The van der Waals surface area contributed by atoms with Crippen molar-refractivity contribution < 1.29 is 14.3 Å². The van der Waals surface area contributed by atoms with Crippen LogP contribution in [0.3, 0.4) is 0 Å². The molecule has 4 nitrogen and oxygen atoms in total. The first kappa shape index (κ1) is 21.8. The Hall–Kier alpha value is -2.49. The molecular weight excluding hydrogens is 350 g/mol. The number of amides is 1. The van der Waals surface area contributed by atoms with Crippen LogP contribution in [0.4, 0.5) is 0 Å². The van der Waals surface area contributed by atoms with E-state index in [0.717, 1.165) is 28.0 Å². The molecule has 0 spiro atoms. The second kappa shape index (κ2) is 9.13. The molecule has 4 heteroatoms. The molecule has 152 valence electrons. The summed E-state index contributed by atoms with van der Waals surface area (Å²) >= 11 is 0. The Morgan fingerprint density at radius 2 is 1.57 bits per heavy atom. The van der Waals surface area contributed by atoms with Gasteiger partial charge in [0.2, 0.25) is 0 Å². The summed E-state index contributed by atoms with van der Waals surface area (Å²) < 4.78 is 11.4. The van der Waals surface area contributed by atoms with Crippen molar-refractivity contribution in [2.24, 2.45) is 0 Å². The molecule has 2 rings (SSSR count). The lowest BCUT2D eigenvalue weighted by molar-refractivity contribution is -0.127. The third kappa shape index (κ3) is 5.06. The smallest absolute Gasteiger partial charge is 0.261 e. The Morgan fingerprint density at radius 3 is 2.14 bits per heavy atom. The number of hydrogen-bond donors (Lipinski definition) is 1. The fraction of sp³-hybridized carbons (Fsp3) is 0.458. The molecule has 0 fully saturated rings. The van der Waals surface area contributed by atoms with Gasteiger partial charge in [0.05, 0.1) is 13.2 Å². The minimum atomic E-state index is -0.576. The zero-order valence-corrected chi connectivity index (χ0v) is 18.3. The largest absolute Gasteiger partial charge is 0.496 e. The maximum Gasteiger partial charge on any atom is 0.261 e. The molecule has 0 radical (unpaired) electrons. The van der Waals surface area contributed by atoms with Crippen molar-refractivity contribution in [3.8, 4) is 11.5 Å². The van der Waals surface area contributed by atoms with Gasteiger partial charge in [-0.05, 0) is 92.6 Å². The Labute approximate surface area is 169 Å². The van der Waals surface area contributed by atoms with Crippen molar-refractivity contribution in [1.29, 1.82) is 0 Å². The number of ether oxygens (including phenoxy) is 2. The van der Waals surface area contributed by atoms with Crippen LogP contribution in [-0.2, 0) is 4.79 Å². The molecule has 0 bridgehead atoms. The van der Waals surface area contributed by atoms with Gasteiger partial charge in [0.25, 0.3) is 5.91 Å². The first-order valence-corrected chi connectivity index (χ1v) is 9.86. The first-order valence-electron chi connectivity index (χ1n) is 9.86. The second-order valence-corrected chi connectivity index (χ2v) is 7.84. The van der Waals surface area contributed by atoms with Gasteiger partial charge in [-0.1, -0.05) is 19.9 Å². The Morgan fingerprint density at radius 1 is 0.893 bits per heavy atom. The molecule has 0 aliphatic rings. The number of methoxy groups -OCH3 is 1. The minimum Gasteiger partial charge on any atom is -0.496 e. The zero-order chi connectivity index (χ0) is 21.0. The molecule has 0 aliphatic heterocycles. The van der Waals surface area contributed by atoms with Gasteiger partial charge in [-0.3, -0.25) is 4.79 Å². The summed E-state index contributed by atoms with van der Waals surface area (Å²) in [5, 5.41) is 3.08. The SMILES string of the molecule is COc1cc(C)c(C(C)NC(=O)C(C)Oc2ccc(C)c(C)c2)cc1C(C)C. The average molecular weight is 384 g/mol. The quantitative estimate of drug-likeness (QED) is 0.697. The van der Waals surface area contributed by atoms with Crippen LogP contribution in [0.5, 0.6) is 11.5 Å². The van der Waals surface area contributed by atoms with Crippen LogP contribution in [0, 0.1) is 20.8 Å². The van der Waals surface area contributed by atoms with Crippen LogP contribution in [0.1, 0.15) is 67.5 Å². The van der Waals surface area contributed by atoms with E-state index >= 15 is 0 Å². The number of rotatable bonds is 7. The highest BCUT2D eigenvalue weighted by molar-refractivity contribution is 5.81. The van der Waals surface area contributed by atoms with Crippen LogP contribution in [0.25, 0.3) is 0 Å². The molecule has 0 saturated heterocycles. The topological polar surface area (TPSA) is 47.6 Å². The van der Waals surface area contributed by atoms with Crippen molar-refractivity contribution in [3.63, 3.8) is 0 Å². The average Bonchev–Trinajstić information content (AvgIpc) is 2.63. The monoisotopic (exact) mass is 383 g/mol. The molecule has 0 heterocycles. The molecular formula is C24H33NO3. The summed E-state index contributed by atoms with van der Waals surface area (Å²) in [6, 6.07) is 9.93. The third-order valence-corrected chi connectivity index (χ3v) is 5.23. The summed E-state index contributed by atoms with van der Waals surface area (Å²) in [5.41, 5.74) is 5.68. The van der Waals surface area contributed by atoms with E-state index in [4.69, 9.17) is 9.47 Å². The highest BCUT2D eigenvalue weighted by Crippen LogP contribution is 2.32. The van der Waals surface area contributed by atoms with Crippen molar-refractivity contribution in [2.45, 2.75) is 66.5 Å². The lowest BCUT2D eigenvalue weighted by Crippen LogP contribution is -2.38. The highest BCUT2D eigenvalue weighted by Gasteiger charge is 2.20. The number of benzene rings is 2. The molecule has 2 aromatic carbocycles. The predicted molar refractivity (Wildman–Crippen MR) is 114 cm³/mol. The third-order valence-electron chi connectivity index (χ3n) is 5.23. The molecule has 0 aromatic heterocycles. The van der Waals surface area contributed by atoms with E-state index in [1.54, 1.807) is 14.0 Å². The Bertz CT molecular complexity index is 842. The summed E-state index contributed by atoms with van der Waals surface area (Å²) in [4.78, 5) is 12.7. The number of carbonyl (C=O) groups excluding carboxylic acids is 1. The second-order valence-electron chi connectivity index (χ2n) is 7.84. The number of aryl methyl sites for hydroxylation is 3. The van der Waals surface area contributed by atoms with Gasteiger partial charge in [-0.25, -0.2) is 0 Å². The van der Waals surface area contributed by atoms with E-state index in [2.05, 4.69) is 32.2 Å². The maximum absolute atomic E-state index is 12.7. The van der Waals surface area contributed by atoms with Gasteiger partial charge >= 0.3 is 0 Å². The Kier molecular flexibility index (Phi) is 7.11. The summed E-state index contributed by atoms with van der Waals surface area (Å²) in [6.07, 6.45) is -0.576. The molecule has 0 saturated carbocycles. The van der Waals surface area contributed by atoms with Crippen LogP contribution in [0.2, 0.25) is 0 Å². The lowest BCUT2D eigenvalue weighted by atomic mass is 9.93. The van der Waals surface area contributed by atoms with Crippen LogP contribution in [-0.4, -0.2) is 19.1 Å². The molecule has 2 atom stereocenters. The van der Waals surface area contributed by atoms with E-state index in [1.165, 1.54) is 5.56 Å². The summed E-state index contributed by atoms with van der Waals surface area (Å²) in [7, 11) is 1.69. The Balaban J connectivity index is 2.12. The summed E-state index contributed by atoms with van der Waals surface area (Å²) in [6.45, 7) is 14.2. The van der Waals surface area contributed by atoms with Gasteiger partial charge in [0.1, 0.15) is 11.5 Å². The van der Waals surface area contributed by atoms with E-state index in [1.807, 2.05) is 45.0 Å². The van der Waals surface area contributed by atoms with Gasteiger partial charge < -0.3 is 14.8 Å². The lowest BCUT2D eigenvalue weighted by Gasteiger charge is -2.23. The van der Waals surface area contributed by atoms with Crippen LogP contribution < -0.4 is 14.8 Å². The molecule has 28 heavy (non-hydrogen) atoms. The van der Waals surface area contributed by atoms with Crippen LogP contribution >= 0.6 is 0 Å².